The molecule has 0 aromatic heterocycles. The molecule has 0 aromatic carbocycles. The van der Waals surface area contributed by atoms with Crippen molar-refractivity contribution in [1.29, 1.82) is 0 Å². The van der Waals surface area contributed by atoms with Gasteiger partial charge in [0.2, 0.25) is 0 Å². The summed E-state index contributed by atoms with van der Waals surface area (Å²) >= 11 is 0. The maximum Gasteiger partial charge on any atom is 1.00 e. The second-order valence-corrected chi connectivity index (χ2v) is 4.89. The maximum absolute atomic E-state index is 10.8. The minimum absolute atomic E-state index is 0. The summed E-state index contributed by atoms with van der Waals surface area (Å²) in [5.74, 6) is -1.23. The summed E-state index contributed by atoms with van der Waals surface area (Å²) in [4.78, 5) is 19.5. The molecule has 0 aromatic rings. The predicted octanol–water partition coefficient (Wildman–Crippen LogP) is -3.33. The summed E-state index contributed by atoms with van der Waals surface area (Å²) < 4.78 is 31.7. The van der Waals surface area contributed by atoms with E-state index in [9.17, 15) is 33.2 Å². The maximum atomic E-state index is 10.8. The van der Waals surface area contributed by atoms with E-state index in [0.29, 0.717) is 0 Å². The molecule has 0 bridgehead atoms. The van der Waals surface area contributed by atoms with Crippen LogP contribution in [0, 0.1) is 20.2 Å². The fourth-order valence-corrected chi connectivity index (χ4v) is 2.33. The minimum Gasteiger partial charge on any atom is -0.748 e. The van der Waals surface area contributed by atoms with Gasteiger partial charge in [-0.05, 0) is 0 Å². The first-order valence-corrected chi connectivity index (χ1v) is 5.86. The van der Waals surface area contributed by atoms with E-state index < -0.39 is 37.7 Å². The third-order valence-corrected chi connectivity index (χ3v) is 3.08. The second-order valence-electron chi connectivity index (χ2n) is 3.49. The predicted molar refractivity (Wildman–Crippen MR) is 53.1 cm³/mol. The monoisotopic (exact) mass is 286 g/mol. The van der Waals surface area contributed by atoms with Crippen LogP contribution in [-0.2, 0) is 10.1 Å². The van der Waals surface area contributed by atoms with Crippen molar-refractivity contribution in [2.24, 2.45) is 0 Å². The van der Waals surface area contributed by atoms with Crippen molar-refractivity contribution in [3.63, 3.8) is 0 Å². The fraction of sp³-hybridized carbons (Fsp3) is 0.429. The molecule has 0 saturated heterocycles. The summed E-state index contributed by atoms with van der Waals surface area (Å²) in [5, 5.41) is 21.1. The van der Waals surface area contributed by atoms with Crippen LogP contribution in [-0.4, -0.2) is 34.1 Å². The first-order valence-electron chi connectivity index (χ1n) is 4.28. The van der Waals surface area contributed by atoms with Gasteiger partial charge in [-0.1, -0.05) is 0 Å². The van der Waals surface area contributed by atoms with Gasteiger partial charge in [0.1, 0.15) is 15.9 Å². The first-order chi connectivity index (χ1) is 7.66. The van der Waals surface area contributed by atoms with Crippen molar-refractivity contribution >= 4 is 10.1 Å². The molecule has 1 aliphatic rings. The second kappa shape index (κ2) is 5.89. The Labute approximate surface area is 124 Å². The molecule has 0 heterocycles. The molecule has 0 spiro atoms. The van der Waals surface area contributed by atoms with Crippen molar-refractivity contribution in [3.8, 4) is 0 Å². The van der Waals surface area contributed by atoms with E-state index in [2.05, 4.69) is 0 Å². The Balaban J connectivity index is 0.00000289. The standard InChI is InChI=1S/C7H8N2O7S.Na/c10-8(11)6-1-3-7(4-2-6,9(12)13)5-17(14,15)16;/h1-3H,4-5H2,(H,14,15,16);/q;+1/p-1. The van der Waals surface area contributed by atoms with Crippen molar-refractivity contribution in [2.45, 2.75) is 12.0 Å². The zero-order chi connectivity index (χ0) is 13.3. The Bertz CT molecular complexity index is 526. The SMILES string of the molecule is O=[N+]([O-])C1=CCC(CS(=O)(=O)[O-])([N+](=O)[O-])C=C1.[Na+]. The van der Waals surface area contributed by atoms with E-state index in [0.717, 1.165) is 18.2 Å². The summed E-state index contributed by atoms with van der Waals surface area (Å²) in [6.45, 7) is 0. The Hall–Kier alpha value is -0.810. The van der Waals surface area contributed by atoms with Crippen molar-refractivity contribution in [2.75, 3.05) is 5.75 Å². The van der Waals surface area contributed by atoms with Crippen LogP contribution < -0.4 is 29.6 Å². The van der Waals surface area contributed by atoms with Crippen LogP contribution in [0.2, 0.25) is 0 Å². The Morgan fingerprint density at radius 3 is 2.17 bits per heavy atom. The number of rotatable bonds is 4. The molecule has 18 heavy (non-hydrogen) atoms. The van der Waals surface area contributed by atoms with E-state index in [4.69, 9.17) is 0 Å². The van der Waals surface area contributed by atoms with Gasteiger partial charge in [0.15, 0.2) is 0 Å². The van der Waals surface area contributed by atoms with E-state index >= 15 is 0 Å². The van der Waals surface area contributed by atoms with Crippen LogP contribution in [0.4, 0.5) is 0 Å². The smallest absolute Gasteiger partial charge is 0.748 e. The van der Waals surface area contributed by atoms with Gasteiger partial charge in [-0.2, -0.15) is 0 Å². The fourth-order valence-electron chi connectivity index (χ4n) is 1.39. The van der Waals surface area contributed by atoms with Gasteiger partial charge >= 0.3 is 29.6 Å². The van der Waals surface area contributed by atoms with Gasteiger partial charge in [-0.25, -0.2) is 8.42 Å². The van der Waals surface area contributed by atoms with Crippen LogP contribution in [0.25, 0.3) is 0 Å². The van der Waals surface area contributed by atoms with E-state index in [1.807, 2.05) is 0 Å². The van der Waals surface area contributed by atoms with Crippen LogP contribution in [0.1, 0.15) is 6.42 Å². The average molecular weight is 286 g/mol. The van der Waals surface area contributed by atoms with E-state index in [-0.39, 0.29) is 35.3 Å². The van der Waals surface area contributed by atoms with Gasteiger partial charge in [0.05, 0.1) is 4.92 Å². The molecular formula is C7H7N2NaO7S. The van der Waals surface area contributed by atoms with Gasteiger partial charge in [-0.15, -0.1) is 0 Å². The molecule has 0 amide bonds. The third kappa shape index (κ3) is 4.14. The number of hydrogen-bond donors (Lipinski definition) is 0. The summed E-state index contributed by atoms with van der Waals surface area (Å²) in [5.41, 5.74) is -2.48. The first kappa shape index (κ1) is 17.2. The Morgan fingerprint density at radius 2 is 1.89 bits per heavy atom. The molecule has 0 aliphatic heterocycles. The quantitative estimate of drug-likeness (QED) is 0.227. The van der Waals surface area contributed by atoms with Gasteiger partial charge < -0.3 is 4.55 Å². The zero-order valence-electron chi connectivity index (χ0n) is 9.31. The molecule has 0 radical (unpaired) electrons. The number of nitrogens with zero attached hydrogens (tertiary/aromatic N) is 2. The molecule has 1 aliphatic carbocycles. The number of hydrogen-bond acceptors (Lipinski definition) is 7. The molecule has 0 saturated carbocycles. The summed E-state index contributed by atoms with van der Waals surface area (Å²) in [6.07, 6.45) is 2.03. The topological polar surface area (TPSA) is 143 Å². The van der Waals surface area contributed by atoms with Crippen molar-refractivity contribution in [3.05, 3.63) is 44.2 Å². The molecule has 1 atom stereocenters. The van der Waals surface area contributed by atoms with Crippen LogP contribution in [0.15, 0.2) is 23.9 Å². The molecule has 9 nitrogen and oxygen atoms in total. The zero-order valence-corrected chi connectivity index (χ0v) is 12.1. The Morgan fingerprint density at radius 1 is 1.33 bits per heavy atom. The molecule has 0 N–H and O–H groups in total. The molecule has 0 fully saturated rings. The van der Waals surface area contributed by atoms with Crippen molar-refractivity contribution < 1.29 is 52.4 Å². The Kier molecular flexibility index (Phi) is 5.62. The molecule has 11 heteroatoms. The number of nitro groups is 2. The molecule has 94 valence electrons. The number of allylic oxidation sites excluding steroid dienone is 1. The van der Waals surface area contributed by atoms with Crippen LogP contribution >= 0.6 is 0 Å². The van der Waals surface area contributed by atoms with Crippen molar-refractivity contribution in [1.82, 2.24) is 0 Å². The van der Waals surface area contributed by atoms with Crippen LogP contribution in [0.5, 0.6) is 0 Å². The average Bonchev–Trinajstić information content (AvgIpc) is 2.15. The van der Waals surface area contributed by atoms with Gasteiger partial charge in [0.25, 0.3) is 11.2 Å². The summed E-state index contributed by atoms with van der Waals surface area (Å²) in [7, 11) is -4.81. The van der Waals surface area contributed by atoms with E-state index in [1.165, 1.54) is 0 Å². The third-order valence-electron chi connectivity index (χ3n) is 2.23. The van der Waals surface area contributed by atoms with Crippen LogP contribution in [0.3, 0.4) is 0 Å². The normalized spacial score (nSPS) is 22.8. The molecular weight excluding hydrogens is 279 g/mol. The van der Waals surface area contributed by atoms with Gasteiger partial charge in [-0.3, -0.25) is 20.2 Å². The minimum atomic E-state index is -4.81. The molecule has 1 rings (SSSR count). The summed E-state index contributed by atoms with van der Waals surface area (Å²) in [6, 6.07) is 0. The van der Waals surface area contributed by atoms with E-state index in [1.54, 1.807) is 0 Å². The molecule has 1 unspecified atom stereocenters. The van der Waals surface area contributed by atoms with Gasteiger partial charge in [0, 0.05) is 29.6 Å². The largest absolute Gasteiger partial charge is 1.00 e.